The molecule has 0 spiro atoms. The van der Waals surface area contributed by atoms with Crippen LogP contribution in [-0.4, -0.2) is 11.1 Å². The lowest BCUT2D eigenvalue weighted by molar-refractivity contribution is 0.0658. The second-order valence-corrected chi connectivity index (χ2v) is 4.28. The number of aromatic carboxylic acids is 1. The van der Waals surface area contributed by atoms with Crippen molar-refractivity contribution in [3.05, 3.63) is 51.4 Å². The van der Waals surface area contributed by atoms with Crippen molar-refractivity contribution in [2.24, 2.45) is 0 Å². The minimum absolute atomic E-state index is 0.0919. The van der Waals surface area contributed by atoms with Crippen LogP contribution in [0.25, 0.3) is 11.3 Å². The van der Waals surface area contributed by atoms with Gasteiger partial charge in [-0.1, -0.05) is 12.1 Å². The molecule has 96 valence electrons. The van der Waals surface area contributed by atoms with Crippen molar-refractivity contribution in [1.82, 2.24) is 0 Å². The Morgan fingerprint density at radius 2 is 2.05 bits per heavy atom. The number of para-hydroxylation sites is 1. The van der Waals surface area contributed by atoms with Gasteiger partial charge in [0.05, 0.1) is 11.1 Å². The average molecular weight is 258 g/mol. The SMILES string of the molecule is Cc1c(C(=O)O)oc2c(c1=O)COc1ccccc1-2. The van der Waals surface area contributed by atoms with Crippen LogP contribution in [-0.2, 0) is 6.61 Å². The van der Waals surface area contributed by atoms with Gasteiger partial charge in [-0.3, -0.25) is 4.79 Å². The summed E-state index contributed by atoms with van der Waals surface area (Å²) in [5.41, 5.74) is 0.715. The molecule has 0 bridgehead atoms. The van der Waals surface area contributed by atoms with Gasteiger partial charge in [0.2, 0.25) is 5.76 Å². The predicted molar refractivity (Wildman–Crippen MR) is 66.4 cm³/mol. The van der Waals surface area contributed by atoms with Crippen LogP contribution in [0, 0.1) is 6.92 Å². The molecule has 5 nitrogen and oxygen atoms in total. The van der Waals surface area contributed by atoms with Crippen LogP contribution >= 0.6 is 0 Å². The third-order valence-corrected chi connectivity index (χ3v) is 3.13. The van der Waals surface area contributed by atoms with Crippen molar-refractivity contribution < 1.29 is 19.1 Å². The van der Waals surface area contributed by atoms with Gasteiger partial charge in [-0.25, -0.2) is 4.79 Å². The van der Waals surface area contributed by atoms with E-state index in [1.807, 2.05) is 0 Å². The van der Waals surface area contributed by atoms with E-state index in [0.717, 1.165) is 0 Å². The summed E-state index contributed by atoms with van der Waals surface area (Å²) in [5.74, 6) is -0.699. The lowest BCUT2D eigenvalue weighted by atomic mass is 10.0. The zero-order valence-corrected chi connectivity index (χ0v) is 10.1. The fourth-order valence-corrected chi connectivity index (χ4v) is 2.16. The molecular formula is C14H10O5. The molecule has 2 heterocycles. The van der Waals surface area contributed by atoms with Gasteiger partial charge in [-0.2, -0.15) is 0 Å². The summed E-state index contributed by atoms with van der Waals surface area (Å²) in [7, 11) is 0. The van der Waals surface area contributed by atoms with Crippen molar-refractivity contribution >= 4 is 5.97 Å². The summed E-state index contributed by atoms with van der Waals surface area (Å²) in [4.78, 5) is 23.3. The normalized spacial score (nSPS) is 12.3. The molecule has 0 fully saturated rings. The second-order valence-electron chi connectivity index (χ2n) is 4.28. The van der Waals surface area contributed by atoms with E-state index >= 15 is 0 Å². The molecule has 2 aromatic rings. The number of rotatable bonds is 1. The molecule has 3 rings (SSSR count). The van der Waals surface area contributed by atoms with E-state index in [4.69, 9.17) is 14.3 Å². The van der Waals surface area contributed by atoms with Crippen molar-refractivity contribution in [3.63, 3.8) is 0 Å². The molecule has 0 radical (unpaired) electrons. The third-order valence-electron chi connectivity index (χ3n) is 3.13. The van der Waals surface area contributed by atoms with Gasteiger partial charge in [0.25, 0.3) is 0 Å². The molecule has 1 aromatic heterocycles. The second kappa shape index (κ2) is 3.98. The monoisotopic (exact) mass is 258 g/mol. The maximum Gasteiger partial charge on any atom is 0.372 e. The van der Waals surface area contributed by atoms with Gasteiger partial charge in [-0.15, -0.1) is 0 Å². The van der Waals surface area contributed by atoms with E-state index in [1.54, 1.807) is 24.3 Å². The molecular weight excluding hydrogens is 248 g/mol. The van der Waals surface area contributed by atoms with Crippen LogP contribution in [0.3, 0.4) is 0 Å². The van der Waals surface area contributed by atoms with E-state index < -0.39 is 5.97 Å². The Morgan fingerprint density at radius 1 is 1.32 bits per heavy atom. The first-order valence-corrected chi connectivity index (χ1v) is 5.71. The van der Waals surface area contributed by atoms with Gasteiger partial charge in [-0.05, 0) is 19.1 Å². The van der Waals surface area contributed by atoms with Crippen molar-refractivity contribution in [3.8, 4) is 17.1 Å². The van der Waals surface area contributed by atoms with Gasteiger partial charge < -0.3 is 14.3 Å². The van der Waals surface area contributed by atoms with E-state index in [1.165, 1.54) is 6.92 Å². The lowest BCUT2D eigenvalue weighted by Gasteiger charge is -2.19. The number of hydrogen-bond donors (Lipinski definition) is 1. The van der Waals surface area contributed by atoms with Crippen LogP contribution in [0.5, 0.6) is 5.75 Å². The molecule has 0 saturated heterocycles. The van der Waals surface area contributed by atoms with Crippen molar-refractivity contribution in [2.45, 2.75) is 13.5 Å². The van der Waals surface area contributed by atoms with Crippen molar-refractivity contribution in [1.29, 1.82) is 0 Å². The highest BCUT2D eigenvalue weighted by atomic mass is 16.5. The average Bonchev–Trinajstić information content (AvgIpc) is 2.42. The molecule has 1 N–H and O–H groups in total. The Balaban J connectivity index is 2.37. The molecule has 1 aliphatic rings. The van der Waals surface area contributed by atoms with E-state index in [0.29, 0.717) is 16.9 Å². The summed E-state index contributed by atoms with van der Waals surface area (Å²) >= 11 is 0. The molecule has 0 unspecified atom stereocenters. The fraction of sp³-hybridized carbons (Fsp3) is 0.143. The van der Waals surface area contributed by atoms with Crippen LogP contribution in [0.1, 0.15) is 21.7 Å². The number of fused-ring (bicyclic) bond motifs is 3. The summed E-state index contributed by atoms with van der Waals surface area (Å²) in [6.45, 7) is 1.53. The van der Waals surface area contributed by atoms with Gasteiger partial charge in [0, 0.05) is 5.56 Å². The Bertz CT molecular complexity index is 742. The van der Waals surface area contributed by atoms with Gasteiger partial charge in [0.1, 0.15) is 18.1 Å². The number of carboxylic acids is 1. The standard InChI is InChI=1S/C14H10O5/c1-7-11(15)9-6-18-10-5-3-2-4-8(10)13(9)19-12(7)14(16)17/h2-5H,6H2,1H3,(H,16,17). The van der Waals surface area contributed by atoms with Crippen LogP contribution in [0.2, 0.25) is 0 Å². The number of carbonyl (C=O) groups is 1. The molecule has 0 saturated carbocycles. The topological polar surface area (TPSA) is 76.7 Å². The zero-order valence-electron chi connectivity index (χ0n) is 10.1. The summed E-state index contributed by atoms with van der Waals surface area (Å²) in [6, 6.07) is 7.06. The lowest BCUT2D eigenvalue weighted by Crippen LogP contribution is -2.22. The van der Waals surface area contributed by atoms with Crippen LogP contribution in [0.15, 0.2) is 33.5 Å². The largest absolute Gasteiger partial charge is 0.488 e. The van der Waals surface area contributed by atoms with Crippen LogP contribution in [0.4, 0.5) is 0 Å². The van der Waals surface area contributed by atoms with E-state index in [-0.39, 0.29) is 29.1 Å². The number of benzene rings is 1. The highest BCUT2D eigenvalue weighted by Gasteiger charge is 2.26. The molecule has 1 aliphatic heterocycles. The quantitative estimate of drug-likeness (QED) is 0.848. The van der Waals surface area contributed by atoms with Gasteiger partial charge in [0.15, 0.2) is 5.43 Å². The fourth-order valence-electron chi connectivity index (χ4n) is 2.16. The number of carboxylic acid groups (broad SMARTS) is 1. The predicted octanol–water partition coefficient (Wildman–Crippen LogP) is 2.21. The first kappa shape index (κ1) is 11.5. The highest BCUT2D eigenvalue weighted by Crippen LogP contribution is 2.36. The van der Waals surface area contributed by atoms with Crippen molar-refractivity contribution in [2.75, 3.05) is 0 Å². The summed E-state index contributed by atoms with van der Waals surface area (Å²) in [6.07, 6.45) is 0. The zero-order chi connectivity index (χ0) is 13.6. The van der Waals surface area contributed by atoms with E-state index in [9.17, 15) is 9.59 Å². The summed E-state index contributed by atoms with van der Waals surface area (Å²) < 4.78 is 10.9. The molecule has 1 aromatic carbocycles. The highest BCUT2D eigenvalue weighted by molar-refractivity contribution is 5.87. The first-order chi connectivity index (χ1) is 9.09. The molecule has 0 atom stereocenters. The molecule has 19 heavy (non-hydrogen) atoms. The first-order valence-electron chi connectivity index (χ1n) is 5.71. The Hall–Kier alpha value is -2.56. The number of ether oxygens (including phenoxy) is 1. The molecule has 5 heteroatoms. The Morgan fingerprint density at radius 3 is 2.79 bits per heavy atom. The minimum Gasteiger partial charge on any atom is -0.488 e. The maximum absolute atomic E-state index is 12.1. The molecule has 0 amide bonds. The van der Waals surface area contributed by atoms with Crippen LogP contribution < -0.4 is 10.2 Å². The smallest absolute Gasteiger partial charge is 0.372 e. The Labute approximate surface area is 108 Å². The maximum atomic E-state index is 12.1. The molecule has 0 aliphatic carbocycles. The minimum atomic E-state index is -1.25. The number of hydrogen-bond acceptors (Lipinski definition) is 4. The third kappa shape index (κ3) is 1.62. The van der Waals surface area contributed by atoms with Gasteiger partial charge >= 0.3 is 5.97 Å². The Kier molecular flexibility index (Phi) is 2.41. The summed E-state index contributed by atoms with van der Waals surface area (Å²) in [5, 5.41) is 9.08. The van der Waals surface area contributed by atoms with E-state index in [2.05, 4.69) is 0 Å².